The predicted molar refractivity (Wildman–Crippen MR) is 259 cm³/mol. The number of amides is 2. The number of nitrogens with two attached hydrogens (primary N) is 3. The molecule has 4 bridgehead atoms. The highest BCUT2D eigenvalue weighted by Crippen LogP contribution is 2.41. The molecule has 4 atom stereocenters. The number of benzene rings is 3. The number of carbonyl (C=O) groups is 5. The molecule has 68 heavy (non-hydrogen) atoms. The molecule has 360 valence electrons. The number of nitrogens with zero attached hydrogens (tertiary/aromatic N) is 4. The highest BCUT2D eigenvalue weighted by molar-refractivity contribution is 6.01. The van der Waals surface area contributed by atoms with Gasteiger partial charge >= 0.3 is 0 Å². The minimum atomic E-state index is -1.24. The summed E-state index contributed by atoms with van der Waals surface area (Å²) >= 11 is 0. The van der Waals surface area contributed by atoms with Gasteiger partial charge in [0, 0.05) is 74.3 Å². The Labute approximate surface area is 399 Å². The first kappa shape index (κ1) is 51.1. The number of hydrogen-bond acceptors (Lipinski definition) is 13. The van der Waals surface area contributed by atoms with Crippen LogP contribution in [-0.2, 0) is 32.0 Å². The largest absolute Gasteiger partial charge is 0.492 e. The molecule has 1 aromatic heterocycles. The fourth-order valence-corrected chi connectivity index (χ4v) is 9.55. The summed E-state index contributed by atoms with van der Waals surface area (Å²) in [6, 6.07) is 18.6. The third-order valence-electron chi connectivity index (χ3n) is 13.1. The van der Waals surface area contributed by atoms with Crippen molar-refractivity contribution in [1.82, 2.24) is 20.2 Å². The number of nitrogens with one attached hydrogen (secondary N) is 1. The van der Waals surface area contributed by atoms with E-state index in [9.17, 15) is 29.2 Å². The molecule has 0 radical (unpaired) electrons. The van der Waals surface area contributed by atoms with Crippen molar-refractivity contribution in [3.63, 3.8) is 0 Å². The van der Waals surface area contributed by atoms with Gasteiger partial charge in [-0.2, -0.15) is 5.26 Å². The maximum absolute atomic E-state index is 14.9. The number of Topliss-reactive ketones (excluding diaryl/α,β-unsaturated/α-hetero) is 3. The van der Waals surface area contributed by atoms with Gasteiger partial charge in [-0.05, 0) is 86.5 Å². The van der Waals surface area contributed by atoms with E-state index < -0.39 is 41.5 Å². The molecule has 15 nitrogen and oxygen atoms in total. The van der Waals surface area contributed by atoms with Gasteiger partial charge in [0.15, 0.2) is 23.2 Å². The Bertz CT molecular complexity index is 2470. The van der Waals surface area contributed by atoms with Crippen LogP contribution in [-0.4, -0.2) is 90.0 Å². The Morgan fingerprint density at radius 2 is 1.50 bits per heavy atom. The molecule has 1 aliphatic carbocycles. The number of aromatic nitrogens is 2. The molecule has 3 aromatic carbocycles. The lowest BCUT2D eigenvalue weighted by Crippen LogP contribution is -2.46. The van der Waals surface area contributed by atoms with E-state index in [2.05, 4.69) is 17.4 Å². The Morgan fingerprint density at radius 3 is 2.12 bits per heavy atom. The predicted octanol–water partition coefficient (Wildman–Crippen LogP) is 6.08. The summed E-state index contributed by atoms with van der Waals surface area (Å²) in [7, 11) is 1.51. The van der Waals surface area contributed by atoms with Crippen molar-refractivity contribution in [2.24, 2.45) is 35.0 Å². The SMILES string of the molecule is Cc1nc(-c2ccc(CC3CCCC3)cc2)nc(C)c1C(=O)C[C@@H](CCN)C(=O)N(C)[C@@H]1C(=O)C[C@@H](C)C(=O)N[C@H](C(=O)CCC#N)Cc2ccc(OCCN)c(c2)-c2cc1ccc2OCCN. The highest BCUT2D eigenvalue weighted by atomic mass is 16.5. The van der Waals surface area contributed by atoms with Gasteiger partial charge in [0.2, 0.25) is 11.8 Å². The van der Waals surface area contributed by atoms with Crippen molar-refractivity contribution in [2.75, 3.05) is 39.9 Å². The Hall–Kier alpha value is -6.34. The number of carbonyl (C=O) groups excluding carboxylic acids is 5. The van der Waals surface area contributed by atoms with E-state index in [1.165, 1.54) is 43.2 Å². The number of hydrogen-bond donors (Lipinski definition) is 4. The lowest BCUT2D eigenvalue weighted by molar-refractivity contribution is -0.142. The summed E-state index contributed by atoms with van der Waals surface area (Å²) in [6.07, 6.45) is 5.82. The first-order valence-electron chi connectivity index (χ1n) is 23.9. The zero-order chi connectivity index (χ0) is 48.9. The molecular formula is C53H66N8O7. The van der Waals surface area contributed by atoms with Crippen molar-refractivity contribution in [3.8, 4) is 40.1 Å². The van der Waals surface area contributed by atoms with Crippen molar-refractivity contribution in [3.05, 3.63) is 94.3 Å². The van der Waals surface area contributed by atoms with Gasteiger partial charge in [0.05, 0.1) is 29.1 Å². The van der Waals surface area contributed by atoms with Crippen molar-refractivity contribution >= 4 is 29.2 Å². The lowest BCUT2D eigenvalue weighted by Gasteiger charge is -2.32. The molecule has 1 saturated carbocycles. The van der Waals surface area contributed by atoms with E-state index in [1.54, 1.807) is 51.1 Å². The summed E-state index contributed by atoms with van der Waals surface area (Å²) in [5.74, 6) is -1.88. The fraction of sp³-hybridized carbons (Fsp3) is 0.472. The average Bonchev–Trinajstić information content (AvgIpc) is 3.84. The lowest BCUT2D eigenvalue weighted by atomic mass is 9.88. The zero-order valence-corrected chi connectivity index (χ0v) is 39.9. The Morgan fingerprint density at radius 1 is 0.868 bits per heavy atom. The molecule has 1 fully saturated rings. The number of nitriles is 1. The van der Waals surface area contributed by atoms with Crippen LogP contribution in [0.15, 0.2) is 60.7 Å². The van der Waals surface area contributed by atoms with Gasteiger partial charge in [-0.1, -0.05) is 69.0 Å². The van der Waals surface area contributed by atoms with E-state index in [0.717, 1.165) is 17.9 Å². The van der Waals surface area contributed by atoms with Crippen LogP contribution in [0.4, 0.5) is 0 Å². The minimum absolute atomic E-state index is 0.0295. The molecule has 0 saturated heterocycles. The topological polar surface area (TPSA) is 247 Å². The zero-order valence-electron chi connectivity index (χ0n) is 39.9. The molecule has 15 heteroatoms. The second-order valence-electron chi connectivity index (χ2n) is 18.2. The van der Waals surface area contributed by atoms with Gasteiger partial charge in [-0.25, -0.2) is 9.97 Å². The number of aryl methyl sites for hydroxylation is 2. The molecule has 7 N–H and O–H groups in total. The third kappa shape index (κ3) is 12.6. The monoisotopic (exact) mass is 927 g/mol. The molecular weight excluding hydrogens is 861 g/mol. The summed E-state index contributed by atoms with van der Waals surface area (Å²) in [5.41, 5.74) is 23.5. The molecule has 2 aliphatic rings. The van der Waals surface area contributed by atoms with Crippen molar-refractivity contribution in [1.29, 1.82) is 5.26 Å². The van der Waals surface area contributed by atoms with Crippen LogP contribution in [0.3, 0.4) is 0 Å². The molecule has 1 aliphatic heterocycles. The van der Waals surface area contributed by atoms with Crippen molar-refractivity contribution in [2.45, 2.75) is 103 Å². The molecule has 0 unspecified atom stereocenters. The first-order chi connectivity index (χ1) is 32.8. The van der Waals surface area contributed by atoms with Crippen LogP contribution in [0.25, 0.3) is 22.5 Å². The van der Waals surface area contributed by atoms with Gasteiger partial charge in [0.1, 0.15) is 30.8 Å². The van der Waals surface area contributed by atoms with E-state index in [0.29, 0.717) is 56.5 Å². The van der Waals surface area contributed by atoms with Crippen LogP contribution >= 0.6 is 0 Å². The minimum Gasteiger partial charge on any atom is -0.492 e. The van der Waals surface area contributed by atoms with Crippen LogP contribution in [0.1, 0.15) is 109 Å². The fourth-order valence-electron chi connectivity index (χ4n) is 9.55. The smallest absolute Gasteiger partial charge is 0.226 e. The second-order valence-corrected chi connectivity index (χ2v) is 18.2. The summed E-state index contributed by atoms with van der Waals surface area (Å²) in [6.45, 7) is 5.99. The number of ether oxygens (including phenoxy) is 2. The number of likely N-dealkylation sites (N-methyl/N-ethyl adjacent to an activating group) is 1. The van der Waals surface area contributed by atoms with Crippen LogP contribution < -0.4 is 32.0 Å². The van der Waals surface area contributed by atoms with Crippen LogP contribution in [0, 0.1) is 42.9 Å². The normalized spacial score (nSPS) is 17.9. The van der Waals surface area contributed by atoms with E-state index in [4.69, 9.17) is 36.6 Å². The number of rotatable bonds is 19. The summed E-state index contributed by atoms with van der Waals surface area (Å²) < 4.78 is 12.3. The van der Waals surface area contributed by atoms with Gasteiger partial charge in [0.25, 0.3) is 0 Å². The Kier molecular flexibility index (Phi) is 18.1. The molecule has 2 heterocycles. The molecule has 0 spiro atoms. The standard InChI is InChI=1S/C53H66N8O7/c1-32-26-46(64)50(39-16-18-48(68-25-23-57)42(30-39)41-28-37(13-17-47(41)67-24-22-56)29-43(60-52(32)65)44(62)10-7-20-54)61(4)53(66)40(19-21-55)31-45(63)49-33(2)58-51(59-34(49)3)38-14-11-36(12-15-38)27-35-8-5-6-9-35/h11-18,28,30,32,35,40,43,50H,5-10,19,21-27,29,31,55-57H2,1-4H3,(H,60,65)/t32-,40-,43+,50+/m1/s1. The highest BCUT2D eigenvalue weighted by Gasteiger charge is 2.36. The van der Waals surface area contributed by atoms with Crippen molar-refractivity contribution < 1.29 is 33.4 Å². The first-order valence-corrected chi connectivity index (χ1v) is 23.9. The summed E-state index contributed by atoms with van der Waals surface area (Å²) in [5, 5.41) is 12.1. The van der Waals surface area contributed by atoms with Gasteiger partial charge in [-0.15, -0.1) is 0 Å². The number of ketones is 3. The quantitative estimate of drug-likeness (QED) is 0.0780. The van der Waals surface area contributed by atoms with E-state index >= 15 is 0 Å². The Balaban J connectivity index is 1.35. The molecule has 2 amide bonds. The average molecular weight is 927 g/mol. The molecule has 4 aromatic rings. The third-order valence-corrected chi connectivity index (χ3v) is 13.1. The van der Waals surface area contributed by atoms with E-state index in [-0.39, 0.29) is 82.9 Å². The second kappa shape index (κ2) is 24.1. The van der Waals surface area contributed by atoms with Crippen LogP contribution in [0.2, 0.25) is 0 Å². The maximum atomic E-state index is 14.9. The van der Waals surface area contributed by atoms with Gasteiger partial charge in [-0.3, -0.25) is 24.0 Å². The van der Waals surface area contributed by atoms with E-state index in [1.807, 2.05) is 24.3 Å². The number of fused-ring (bicyclic) bond motifs is 5. The molecule has 6 rings (SSSR count). The van der Waals surface area contributed by atoms with Gasteiger partial charge < -0.3 is 36.9 Å². The maximum Gasteiger partial charge on any atom is 0.226 e. The summed E-state index contributed by atoms with van der Waals surface area (Å²) in [4.78, 5) is 82.1. The van der Waals surface area contributed by atoms with Crippen LogP contribution in [0.5, 0.6) is 11.5 Å².